The molecule has 8 nitrogen and oxygen atoms in total. The second kappa shape index (κ2) is 11.5. The van der Waals surface area contributed by atoms with E-state index in [0.717, 1.165) is 0 Å². The number of ether oxygens (including phenoxy) is 5. The lowest BCUT2D eigenvalue weighted by atomic mass is 10.1. The third-order valence-electron chi connectivity index (χ3n) is 4.27. The minimum atomic E-state index is -0.614. The van der Waals surface area contributed by atoms with Gasteiger partial charge in [0.05, 0.1) is 52.2 Å². The van der Waals surface area contributed by atoms with Crippen LogP contribution in [0.5, 0.6) is 23.0 Å². The van der Waals surface area contributed by atoms with Crippen LogP contribution in [0.25, 0.3) is 0 Å². The number of halogens is 1. The number of esters is 1. The molecule has 2 rings (SSSR count). The van der Waals surface area contributed by atoms with Crippen molar-refractivity contribution in [3.05, 3.63) is 39.9 Å². The Balaban J connectivity index is 2.33. The molecule has 0 aliphatic carbocycles. The Morgan fingerprint density at radius 1 is 0.871 bits per heavy atom. The van der Waals surface area contributed by atoms with Crippen molar-refractivity contribution in [1.82, 2.24) is 0 Å². The van der Waals surface area contributed by atoms with E-state index in [-0.39, 0.29) is 23.6 Å². The Kier molecular flexibility index (Phi) is 8.99. The third kappa shape index (κ3) is 6.04. The van der Waals surface area contributed by atoms with Crippen molar-refractivity contribution in [2.75, 3.05) is 39.9 Å². The van der Waals surface area contributed by atoms with Gasteiger partial charge in [0.1, 0.15) is 0 Å². The zero-order valence-corrected chi connectivity index (χ0v) is 19.8. The van der Waals surface area contributed by atoms with Gasteiger partial charge in [0.25, 0.3) is 0 Å². The molecule has 0 aromatic heterocycles. The van der Waals surface area contributed by atoms with Crippen LogP contribution in [0.3, 0.4) is 0 Å². The number of carbonyl (C=O) groups is 2. The summed E-state index contributed by atoms with van der Waals surface area (Å²) in [6, 6.07) is 6.50. The molecule has 1 amide bonds. The molecule has 31 heavy (non-hydrogen) atoms. The van der Waals surface area contributed by atoms with E-state index in [1.807, 2.05) is 13.8 Å². The first-order valence-corrected chi connectivity index (χ1v) is 10.4. The van der Waals surface area contributed by atoms with Gasteiger partial charge in [-0.05, 0) is 31.5 Å². The summed E-state index contributed by atoms with van der Waals surface area (Å²) < 4.78 is 27.3. The second-order valence-corrected chi connectivity index (χ2v) is 7.08. The van der Waals surface area contributed by atoms with Gasteiger partial charge in [0.15, 0.2) is 23.0 Å². The SMILES string of the molecule is CCOc1cc(Br)c(CC(=O)Nc2cc(OC)c(OC)cc2C(=O)OC)cc1OCC. The summed E-state index contributed by atoms with van der Waals surface area (Å²) in [7, 11) is 4.18. The molecule has 0 radical (unpaired) electrons. The number of anilines is 1. The summed E-state index contributed by atoms with van der Waals surface area (Å²) in [5.74, 6) is 0.898. The number of rotatable bonds is 10. The molecule has 0 bridgehead atoms. The van der Waals surface area contributed by atoms with E-state index in [1.54, 1.807) is 12.1 Å². The normalized spacial score (nSPS) is 10.3. The lowest BCUT2D eigenvalue weighted by Crippen LogP contribution is -2.18. The fourth-order valence-electron chi connectivity index (χ4n) is 2.88. The molecule has 2 aromatic rings. The second-order valence-electron chi connectivity index (χ2n) is 6.23. The molecule has 0 spiro atoms. The van der Waals surface area contributed by atoms with Crippen molar-refractivity contribution >= 4 is 33.5 Å². The molecule has 0 saturated carbocycles. The quantitative estimate of drug-likeness (QED) is 0.492. The fourth-order valence-corrected chi connectivity index (χ4v) is 3.34. The molecule has 0 aliphatic heterocycles. The highest BCUT2D eigenvalue weighted by molar-refractivity contribution is 9.10. The fraction of sp³-hybridized carbons (Fsp3) is 0.364. The number of methoxy groups -OCH3 is 3. The molecule has 1 N–H and O–H groups in total. The van der Waals surface area contributed by atoms with Gasteiger partial charge in [-0.3, -0.25) is 4.79 Å². The summed E-state index contributed by atoms with van der Waals surface area (Å²) in [6.07, 6.45) is 0.0298. The highest BCUT2D eigenvalue weighted by atomic mass is 79.9. The zero-order valence-electron chi connectivity index (χ0n) is 18.2. The lowest BCUT2D eigenvalue weighted by Gasteiger charge is -2.16. The summed E-state index contributed by atoms with van der Waals surface area (Å²) >= 11 is 3.48. The van der Waals surface area contributed by atoms with Crippen LogP contribution in [0, 0.1) is 0 Å². The number of amides is 1. The van der Waals surface area contributed by atoms with Crippen LogP contribution in [0.1, 0.15) is 29.8 Å². The zero-order chi connectivity index (χ0) is 23.0. The predicted octanol–water partition coefficient (Wildman–Crippen LogP) is 4.23. The van der Waals surface area contributed by atoms with Gasteiger partial charge in [-0.2, -0.15) is 0 Å². The largest absolute Gasteiger partial charge is 0.493 e. The van der Waals surface area contributed by atoms with Crippen molar-refractivity contribution in [1.29, 1.82) is 0 Å². The monoisotopic (exact) mass is 495 g/mol. The van der Waals surface area contributed by atoms with Gasteiger partial charge >= 0.3 is 5.97 Å². The average Bonchev–Trinajstić information content (AvgIpc) is 2.76. The maximum Gasteiger partial charge on any atom is 0.340 e. The van der Waals surface area contributed by atoms with Crippen molar-refractivity contribution in [3.63, 3.8) is 0 Å². The van der Waals surface area contributed by atoms with E-state index in [2.05, 4.69) is 21.2 Å². The highest BCUT2D eigenvalue weighted by Crippen LogP contribution is 2.36. The Morgan fingerprint density at radius 2 is 1.45 bits per heavy atom. The molecule has 0 unspecified atom stereocenters. The van der Waals surface area contributed by atoms with Crippen molar-refractivity contribution in [2.45, 2.75) is 20.3 Å². The van der Waals surface area contributed by atoms with Crippen LogP contribution in [0.2, 0.25) is 0 Å². The van der Waals surface area contributed by atoms with E-state index in [1.165, 1.54) is 33.5 Å². The topological polar surface area (TPSA) is 92.3 Å². The standard InChI is InChI=1S/C22H26BrNO7/c1-6-30-19-8-13(15(23)11-20(19)31-7-2)9-21(25)24-16-12-18(28-4)17(27-3)10-14(16)22(26)29-5/h8,10-12H,6-7,9H2,1-5H3,(H,24,25). The lowest BCUT2D eigenvalue weighted by molar-refractivity contribution is -0.115. The van der Waals surface area contributed by atoms with Crippen LogP contribution >= 0.6 is 15.9 Å². The van der Waals surface area contributed by atoms with Crippen molar-refractivity contribution < 1.29 is 33.3 Å². The minimum Gasteiger partial charge on any atom is -0.493 e. The van der Waals surface area contributed by atoms with Crippen LogP contribution in [0.15, 0.2) is 28.7 Å². The van der Waals surface area contributed by atoms with Crippen LogP contribution in [-0.2, 0) is 16.0 Å². The molecule has 0 saturated heterocycles. The van der Waals surface area contributed by atoms with Gasteiger partial charge < -0.3 is 29.0 Å². The number of nitrogens with one attached hydrogen (secondary N) is 1. The van der Waals surface area contributed by atoms with E-state index in [0.29, 0.717) is 46.2 Å². The predicted molar refractivity (Wildman–Crippen MR) is 120 cm³/mol. The molecule has 2 aromatic carbocycles. The Hall–Kier alpha value is -2.94. The molecular weight excluding hydrogens is 470 g/mol. The molecular formula is C22H26BrNO7. The maximum absolute atomic E-state index is 12.8. The van der Waals surface area contributed by atoms with Crippen molar-refractivity contribution in [3.8, 4) is 23.0 Å². The maximum atomic E-state index is 12.8. The molecule has 0 atom stereocenters. The average molecular weight is 496 g/mol. The first-order chi connectivity index (χ1) is 14.9. The first kappa shape index (κ1) is 24.3. The smallest absolute Gasteiger partial charge is 0.340 e. The molecule has 0 fully saturated rings. The minimum absolute atomic E-state index is 0.0298. The van der Waals surface area contributed by atoms with E-state index < -0.39 is 5.97 Å². The summed E-state index contributed by atoms with van der Waals surface area (Å²) in [4.78, 5) is 25.0. The highest BCUT2D eigenvalue weighted by Gasteiger charge is 2.20. The van der Waals surface area contributed by atoms with Gasteiger partial charge in [-0.1, -0.05) is 15.9 Å². The Morgan fingerprint density at radius 3 is 2.00 bits per heavy atom. The molecule has 168 valence electrons. The van der Waals surface area contributed by atoms with E-state index in [4.69, 9.17) is 23.7 Å². The number of hydrogen-bond donors (Lipinski definition) is 1. The van der Waals surface area contributed by atoms with Crippen molar-refractivity contribution in [2.24, 2.45) is 0 Å². The van der Waals surface area contributed by atoms with E-state index in [9.17, 15) is 9.59 Å². The van der Waals surface area contributed by atoms with Gasteiger partial charge in [0.2, 0.25) is 5.91 Å². The summed E-state index contributed by atoms with van der Waals surface area (Å²) in [5.41, 5.74) is 1.10. The Labute approximate surface area is 189 Å². The first-order valence-electron chi connectivity index (χ1n) is 9.60. The van der Waals surface area contributed by atoms with Gasteiger partial charge in [-0.15, -0.1) is 0 Å². The number of hydrogen-bond acceptors (Lipinski definition) is 7. The molecule has 0 aliphatic rings. The molecule has 9 heteroatoms. The van der Waals surface area contributed by atoms with Gasteiger partial charge in [-0.25, -0.2) is 4.79 Å². The summed E-state index contributed by atoms with van der Waals surface area (Å²) in [6.45, 7) is 4.70. The van der Waals surface area contributed by atoms with Crippen LogP contribution in [-0.4, -0.2) is 46.4 Å². The molecule has 0 heterocycles. The summed E-state index contributed by atoms with van der Waals surface area (Å²) in [5, 5.41) is 2.75. The Bertz CT molecular complexity index is 946. The van der Waals surface area contributed by atoms with Crippen LogP contribution in [0.4, 0.5) is 5.69 Å². The van der Waals surface area contributed by atoms with Gasteiger partial charge in [0, 0.05) is 16.6 Å². The number of benzene rings is 2. The van der Waals surface area contributed by atoms with Crippen LogP contribution < -0.4 is 24.3 Å². The third-order valence-corrected chi connectivity index (χ3v) is 5.00. The van der Waals surface area contributed by atoms with E-state index >= 15 is 0 Å². The number of carbonyl (C=O) groups excluding carboxylic acids is 2.